The van der Waals surface area contributed by atoms with Crippen LogP contribution in [0.15, 0.2) is 42.5 Å². The van der Waals surface area contributed by atoms with Crippen LogP contribution in [-0.2, 0) is 0 Å². The smallest absolute Gasteiger partial charge is 0.318 e. The highest BCUT2D eigenvalue weighted by Crippen LogP contribution is 2.35. The first kappa shape index (κ1) is 21.1. The Hall–Kier alpha value is -3.16. The van der Waals surface area contributed by atoms with Crippen LogP contribution in [0.2, 0.25) is 0 Å². The molecular weight excluding hydrogens is 362 g/mol. The van der Waals surface area contributed by atoms with Gasteiger partial charge in [0.1, 0.15) is 5.75 Å². The molecule has 2 aromatic rings. The minimum atomic E-state index is -0.680. The van der Waals surface area contributed by atoms with Gasteiger partial charge in [-0.25, -0.2) is 0 Å². The minimum absolute atomic E-state index is 0.0265. The van der Waals surface area contributed by atoms with E-state index < -0.39 is 15.5 Å². The minimum Gasteiger partial charge on any atom is -0.450 e. The van der Waals surface area contributed by atoms with Gasteiger partial charge in [-0.15, -0.1) is 0 Å². The van der Waals surface area contributed by atoms with Crippen LogP contribution < -0.4 is 9.64 Å². The van der Waals surface area contributed by atoms with Crippen LogP contribution >= 0.6 is 0 Å². The van der Waals surface area contributed by atoms with Crippen molar-refractivity contribution in [2.75, 3.05) is 18.0 Å². The topological polar surface area (TPSA) is 98.8 Å². The lowest BCUT2D eigenvalue weighted by Crippen LogP contribution is -2.25. The van der Waals surface area contributed by atoms with Gasteiger partial charge >= 0.3 is 5.69 Å². The molecule has 0 spiro atoms. The van der Waals surface area contributed by atoms with E-state index in [9.17, 15) is 20.2 Å². The molecule has 0 saturated heterocycles. The maximum atomic E-state index is 11.3. The number of non-ortho nitro benzene ring substituents is 1. The number of nitro benzene ring substituents is 2. The van der Waals surface area contributed by atoms with Gasteiger partial charge in [-0.1, -0.05) is 32.8 Å². The van der Waals surface area contributed by atoms with Crippen molar-refractivity contribution >= 4 is 17.1 Å². The van der Waals surface area contributed by atoms with Crippen molar-refractivity contribution in [1.29, 1.82) is 0 Å². The quantitative estimate of drug-likeness (QED) is 0.362. The Bertz CT molecular complexity index is 817. The second-order valence-corrected chi connectivity index (χ2v) is 6.46. The maximum Gasteiger partial charge on any atom is 0.318 e. The number of nitrogens with zero attached hydrogens (tertiary/aromatic N) is 3. The summed E-state index contributed by atoms with van der Waals surface area (Å²) in [4.78, 5) is 23.1. The Morgan fingerprint density at radius 1 is 0.929 bits per heavy atom. The van der Waals surface area contributed by atoms with Gasteiger partial charge in [0.05, 0.1) is 15.9 Å². The summed E-state index contributed by atoms with van der Waals surface area (Å²) in [7, 11) is 0. The van der Waals surface area contributed by atoms with E-state index in [0.29, 0.717) is 5.75 Å². The van der Waals surface area contributed by atoms with Gasteiger partial charge in [0, 0.05) is 30.9 Å². The molecule has 0 N–H and O–H groups in total. The summed E-state index contributed by atoms with van der Waals surface area (Å²) >= 11 is 0. The van der Waals surface area contributed by atoms with Crippen molar-refractivity contribution in [3.63, 3.8) is 0 Å². The summed E-state index contributed by atoms with van der Waals surface area (Å²) in [5, 5.41) is 22.2. The Labute approximate surface area is 164 Å². The predicted octanol–water partition coefficient (Wildman–Crippen LogP) is 5.70. The predicted molar refractivity (Wildman–Crippen MR) is 108 cm³/mol. The first-order valence-corrected chi connectivity index (χ1v) is 9.42. The van der Waals surface area contributed by atoms with Crippen LogP contribution in [0.3, 0.4) is 0 Å². The monoisotopic (exact) mass is 387 g/mol. The third-order valence-electron chi connectivity index (χ3n) is 4.32. The second-order valence-electron chi connectivity index (χ2n) is 6.46. The van der Waals surface area contributed by atoms with Gasteiger partial charge < -0.3 is 9.64 Å². The summed E-state index contributed by atoms with van der Waals surface area (Å²) in [6, 6.07) is 10.8. The summed E-state index contributed by atoms with van der Waals surface area (Å²) < 4.78 is 5.71. The van der Waals surface area contributed by atoms with Gasteiger partial charge in [-0.2, -0.15) is 0 Å². The lowest BCUT2D eigenvalue weighted by atomic mass is 10.2. The van der Waals surface area contributed by atoms with Crippen LogP contribution in [0.5, 0.6) is 11.5 Å². The van der Waals surface area contributed by atoms with Crippen molar-refractivity contribution < 1.29 is 14.6 Å². The van der Waals surface area contributed by atoms with Gasteiger partial charge in [-0.05, 0) is 31.0 Å². The molecule has 0 aliphatic heterocycles. The van der Waals surface area contributed by atoms with Gasteiger partial charge in [0.15, 0.2) is 0 Å². The molecule has 8 nitrogen and oxygen atoms in total. The van der Waals surface area contributed by atoms with Crippen molar-refractivity contribution in [1.82, 2.24) is 0 Å². The fraction of sp³-hybridized carbons (Fsp3) is 0.400. The molecule has 0 amide bonds. The normalized spacial score (nSPS) is 10.5. The first-order valence-electron chi connectivity index (χ1n) is 9.42. The Morgan fingerprint density at radius 3 is 2.18 bits per heavy atom. The van der Waals surface area contributed by atoms with Crippen LogP contribution in [0.1, 0.15) is 39.5 Å². The number of anilines is 1. The zero-order valence-electron chi connectivity index (χ0n) is 16.2. The SMILES string of the molecule is CCCCN(CCCC)c1cccc(Oc2ccc([N+](=O)[O-])cc2[N+](=O)[O-])c1. The standard InChI is InChI=1S/C20H25N3O5/c1-3-5-12-21(13-6-4-2)16-8-7-9-18(14-16)28-20-11-10-17(22(24)25)15-19(20)23(26)27/h7-11,14-15H,3-6,12-13H2,1-2H3. The van der Waals surface area contributed by atoms with E-state index in [1.807, 2.05) is 18.2 Å². The number of benzene rings is 2. The number of ether oxygens (including phenoxy) is 1. The second kappa shape index (κ2) is 10.2. The average Bonchev–Trinajstić information content (AvgIpc) is 2.68. The third-order valence-corrected chi connectivity index (χ3v) is 4.32. The molecule has 8 heteroatoms. The molecule has 0 fully saturated rings. The zero-order valence-corrected chi connectivity index (χ0v) is 16.2. The highest BCUT2D eigenvalue weighted by molar-refractivity contribution is 5.56. The zero-order chi connectivity index (χ0) is 20.5. The van der Waals surface area contributed by atoms with E-state index in [-0.39, 0.29) is 11.4 Å². The molecule has 28 heavy (non-hydrogen) atoms. The fourth-order valence-corrected chi connectivity index (χ4v) is 2.79. The molecule has 2 aromatic carbocycles. The molecule has 0 bridgehead atoms. The Kier molecular flexibility index (Phi) is 7.74. The number of hydrogen-bond acceptors (Lipinski definition) is 6. The van der Waals surface area contributed by atoms with Crippen molar-refractivity contribution in [3.8, 4) is 11.5 Å². The number of unbranched alkanes of at least 4 members (excludes halogenated alkanes) is 2. The van der Waals surface area contributed by atoms with Gasteiger partial charge in [-0.3, -0.25) is 20.2 Å². The molecular formula is C20H25N3O5. The fourth-order valence-electron chi connectivity index (χ4n) is 2.79. The van der Waals surface area contributed by atoms with Crippen molar-refractivity contribution in [3.05, 3.63) is 62.7 Å². The van der Waals surface area contributed by atoms with E-state index in [1.54, 1.807) is 6.07 Å². The van der Waals surface area contributed by atoms with E-state index >= 15 is 0 Å². The van der Waals surface area contributed by atoms with Crippen LogP contribution in [0, 0.1) is 20.2 Å². The van der Waals surface area contributed by atoms with Crippen LogP contribution in [-0.4, -0.2) is 22.9 Å². The van der Waals surface area contributed by atoms with Crippen LogP contribution in [0.4, 0.5) is 17.1 Å². The molecule has 0 heterocycles. The lowest BCUT2D eigenvalue weighted by Gasteiger charge is -2.25. The molecule has 0 saturated carbocycles. The Morgan fingerprint density at radius 2 is 1.61 bits per heavy atom. The molecule has 0 aliphatic carbocycles. The lowest BCUT2D eigenvalue weighted by molar-refractivity contribution is -0.394. The van der Waals surface area contributed by atoms with E-state index in [1.165, 1.54) is 12.1 Å². The summed E-state index contributed by atoms with van der Waals surface area (Å²) in [6.07, 6.45) is 4.33. The maximum absolute atomic E-state index is 11.3. The molecule has 0 aliphatic rings. The molecule has 0 atom stereocenters. The average molecular weight is 387 g/mol. The molecule has 0 aromatic heterocycles. The van der Waals surface area contributed by atoms with Gasteiger partial charge in [0.25, 0.3) is 5.69 Å². The highest BCUT2D eigenvalue weighted by atomic mass is 16.6. The van der Waals surface area contributed by atoms with Crippen molar-refractivity contribution in [2.24, 2.45) is 0 Å². The van der Waals surface area contributed by atoms with E-state index in [2.05, 4.69) is 18.7 Å². The largest absolute Gasteiger partial charge is 0.450 e. The van der Waals surface area contributed by atoms with Gasteiger partial charge in [0.2, 0.25) is 5.75 Å². The van der Waals surface area contributed by atoms with E-state index in [4.69, 9.17) is 4.74 Å². The Balaban J connectivity index is 2.28. The summed E-state index contributed by atoms with van der Waals surface area (Å²) in [5.74, 6) is 0.425. The third kappa shape index (κ3) is 5.67. The summed E-state index contributed by atoms with van der Waals surface area (Å²) in [6.45, 7) is 6.14. The first-order chi connectivity index (χ1) is 13.5. The van der Waals surface area contributed by atoms with E-state index in [0.717, 1.165) is 50.5 Å². The molecule has 0 radical (unpaired) electrons. The number of nitro groups is 2. The number of rotatable bonds is 11. The highest BCUT2D eigenvalue weighted by Gasteiger charge is 2.21. The molecule has 150 valence electrons. The summed E-state index contributed by atoms with van der Waals surface area (Å²) in [5.41, 5.74) is 0.204. The number of hydrogen-bond donors (Lipinski definition) is 0. The van der Waals surface area contributed by atoms with Crippen LogP contribution in [0.25, 0.3) is 0 Å². The van der Waals surface area contributed by atoms with Crippen molar-refractivity contribution in [2.45, 2.75) is 39.5 Å². The molecule has 2 rings (SSSR count). The molecule has 0 unspecified atom stereocenters.